The zero-order chi connectivity index (χ0) is 11.0. The van der Waals surface area contributed by atoms with Crippen molar-refractivity contribution in [2.24, 2.45) is 0 Å². The van der Waals surface area contributed by atoms with Crippen LogP contribution in [0.4, 0.5) is 0 Å². The van der Waals surface area contributed by atoms with Crippen molar-refractivity contribution in [1.29, 1.82) is 0 Å². The van der Waals surface area contributed by atoms with Crippen LogP contribution in [-0.2, 0) is 0 Å². The zero-order valence-corrected chi connectivity index (χ0v) is 9.22. The Hall–Kier alpha value is -1.55. The molecular weight excluding hydrogens is 212 g/mol. The Labute approximate surface area is 91.9 Å². The summed E-state index contributed by atoms with van der Waals surface area (Å²) in [5.41, 5.74) is 0.539. The Bertz CT molecular complexity index is 572. The molecule has 0 aliphatic rings. The van der Waals surface area contributed by atoms with E-state index in [9.17, 15) is 5.11 Å². The number of methoxy groups -OCH3 is 1. The predicted octanol–water partition coefficient (Wildman–Crippen LogP) is 3.18. The Morgan fingerprint density at radius 2 is 2.07 bits per heavy atom. The third kappa shape index (κ3) is 1.68. The van der Waals surface area contributed by atoms with Crippen molar-refractivity contribution in [3.8, 4) is 11.5 Å². The van der Waals surface area contributed by atoms with Gasteiger partial charge in [-0.25, -0.2) is 0 Å². The van der Waals surface area contributed by atoms with Crippen molar-refractivity contribution in [3.63, 3.8) is 0 Å². The second kappa shape index (κ2) is 3.55. The molecule has 1 heterocycles. The van der Waals surface area contributed by atoms with Gasteiger partial charge >= 0.3 is 0 Å². The highest BCUT2D eigenvalue weighted by Crippen LogP contribution is 2.31. The number of fused-ring (bicyclic) bond motifs is 1. The minimum Gasteiger partial charge on any atom is -0.507 e. The molecule has 0 unspecified atom stereocenters. The predicted molar refractivity (Wildman–Crippen MR) is 60.0 cm³/mol. The number of aryl methyl sites for hydroxylation is 1. The van der Waals surface area contributed by atoms with Gasteiger partial charge in [-0.3, -0.25) is 0 Å². The molecule has 0 fully saturated rings. The topological polar surface area (TPSA) is 42.6 Å². The lowest BCUT2D eigenvalue weighted by Crippen LogP contribution is -1.84. The number of phenols is 1. The number of hydrogen-bond acceptors (Lipinski definition) is 4. The summed E-state index contributed by atoms with van der Waals surface area (Å²) in [6.45, 7) is 1.81. The molecule has 0 radical (unpaired) electrons. The molecule has 0 bridgehead atoms. The lowest BCUT2D eigenvalue weighted by Gasteiger charge is -2.05. The van der Waals surface area contributed by atoms with Crippen molar-refractivity contribution in [1.82, 2.24) is 0 Å². The summed E-state index contributed by atoms with van der Waals surface area (Å²) in [7, 11) is 1.53. The number of aromatic hydroxyl groups is 1. The first-order valence-electron chi connectivity index (χ1n) is 4.43. The van der Waals surface area contributed by atoms with E-state index in [0.29, 0.717) is 27.0 Å². The molecule has 4 heteroatoms. The van der Waals surface area contributed by atoms with Gasteiger partial charge in [-0.1, -0.05) is 12.2 Å². The fraction of sp³-hybridized carbons (Fsp3) is 0.182. The quantitative estimate of drug-likeness (QED) is 0.752. The fourth-order valence-corrected chi connectivity index (χ4v) is 1.85. The summed E-state index contributed by atoms with van der Waals surface area (Å²) in [4.78, 5) is 0. The number of hydrogen-bond donors (Lipinski definition) is 1. The van der Waals surface area contributed by atoms with Crippen LogP contribution in [0.3, 0.4) is 0 Å². The maximum Gasteiger partial charge on any atom is 0.143 e. The summed E-state index contributed by atoms with van der Waals surface area (Å²) >= 11 is 5.15. The highest BCUT2D eigenvalue weighted by Gasteiger charge is 2.07. The van der Waals surface area contributed by atoms with E-state index < -0.39 is 0 Å². The van der Waals surface area contributed by atoms with Gasteiger partial charge in [0.25, 0.3) is 0 Å². The number of benzene rings is 1. The molecule has 0 amide bonds. The minimum atomic E-state index is 0.0816. The molecule has 3 nitrogen and oxygen atoms in total. The molecule has 0 saturated heterocycles. The van der Waals surface area contributed by atoms with Crippen LogP contribution in [0.1, 0.15) is 5.76 Å². The van der Waals surface area contributed by atoms with Gasteiger partial charge in [-0.2, -0.15) is 0 Å². The summed E-state index contributed by atoms with van der Waals surface area (Å²) in [6.07, 6.45) is 0. The molecule has 0 saturated carbocycles. The molecule has 1 aromatic heterocycles. The van der Waals surface area contributed by atoms with Crippen LogP contribution >= 0.6 is 12.2 Å². The molecule has 0 aliphatic carbocycles. The second-order valence-corrected chi connectivity index (χ2v) is 3.68. The Kier molecular flexibility index (Phi) is 2.36. The van der Waals surface area contributed by atoms with Gasteiger partial charge in [-0.15, -0.1) is 0 Å². The van der Waals surface area contributed by atoms with Gasteiger partial charge in [0, 0.05) is 12.1 Å². The monoisotopic (exact) mass is 222 g/mol. The Balaban J connectivity index is 2.91. The van der Waals surface area contributed by atoms with Crippen LogP contribution in [0.15, 0.2) is 22.6 Å². The lowest BCUT2D eigenvalue weighted by molar-refractivity contribution is 0.407. The van der Waals surface area contributed by atoms with Crippen LogP contribution < -0.4 is 4.74 Å². The van der Waals surface area contributed by atoms with E-state index in [2.05, 4.69) is 0 Å². The zero-order valence-electron chi connectivity index (χ0n) is 8.40. The standard InChI is InChI=1S/C11H10O3S/c1-6-3-10(15)11-8(12)4-7(13-2)5-9(11)14-6/h3-5,12H,1-2H3. The molecule has 0 spiro atoms. The molecule has 15 heavy (non-hydrogen) atoms. The largest absolute Gasteiger partial charge is 0.507 e. The highest BCUT2D eigenvalue weighted by atomic mass is 32.1. The van der Waals surface area contributed by atoms with E-state index in [-0.39, 0.29) is 5.75 Å². The van der Waals surface area contributed by atoms with Crippen LogP contribution in [0, 0.1) is 11.4 Å². The molecule has 0 aliphatic heterocycles. The number of ether oxygens (including phenoxy) is 1. The van der Waals surface area contributed by atoms with Crippen molar-refractivity contribution in [2.75, 3.05) is 7.11 Å². The van der Waals surface area contributed by atoms with Crippen molar-refractivity contribution < 1.29 is 14.3 Å². The molecule has 78 valence electrons. The Morgan fingerprint density at radius 1 is 1.33 bits per heavy atom. The second-order valence-electron chi connectivity index (χ2n) is 3.24. The van der Waals surface area contributed by atoms with Crippen LogP contribution in [-0.4, -0.2) is 12.2 Å². The summed E-state index contributed by atoms with van der Waals surface area (Å²) in [6, 6.07) is 4.94. The molecule has 2 aromatic rings. The molecule has 1 N–H and O–H groups in total. The number of rotatable bonds is 1. The van der Waals surface area contributed by atoms with Gasteiger partial charge in [0.05, 0.1) is 17.0 Å². The summed E-state index contributed by atoms with van der Waals surface area (Å²) < 4.78 is 11.1. The van der Waals surface area contributed by atoms with E-state index in [1.54, 1.807) is 12.1 Å². The van der Waals surface area contributed by atoms with Crippen molar-refractivity contribution >= 4 is 23.2 Å². The van der Waals surface area contributed by atoms with Crippen LogP contribution in [0.2, 0.25) is 0 Å². The number of phenolic OH excluding ortho intramolecular Hbond substituents is 1. The smallest absolute Gasteiger partial charge is 0.143 e. The highest BCUT2D eigenvalue weighted by molar-refractivity contribution is 7.71. The van der Waals surface area contributed by atoms with Gasteiger partial charge in [0.2, 0.25) is 0 Å². The lowest BCUT2D eigenvalue weighted by atomic mass is 10.2. The third-order valence-corrected chi connectivity index (χ3v) is 2.46. The van der Waals surface area contributed by atoms with E-state index in [0.717, 1.165) is 0 Å². The first-order valence-corrected chi connectivity index (χ1v) is 4.84. The normalized spacial score (nSPS) is 10.5. The Morgan fingerprint density at radius 3 is 2.73 bits per heavy atom. The van der Waals surface area contributed by atoms with Gasteiger partial charge in [0.1, 0.15) is 22.8 Å². The molecule has 1 aromatic carbocycles. The SMILES string of the molecule is COc1cc(O)c2c(=S)cc(C)oc2c1. The first kappa shape index (κ1) is 9.98. The van der Waals surface area contributed by atoms with E-state index in [1.807, 2.05) is 6.92 Å². The summed E-state index contributed by atoms with van der Waals surface area (Å²) in [5, 5.41) is 10.3. The van der Waals surface area contributed by atoms with E-state index >= 15 is 0 Å². The molecular formula is C11H10O3S. The summed E-state index contributed by atoms with van der Waals surface area (Å²) in [5.74, 6) is 1.34. The van der Waals surface area contributed by atoms with Crippen molar-refractivity contribution in [3.05, 3.63) is 28.5 Å². The average molecular weight is 222 g/mol. The third-order valence-electron chi connectivity index (χ3n) is 2.14. The maximum absolute atomic E-state index is 9.75. The van der Waals surface area contributed by atoms with Crippen LogP contribution in [0.25, 0.3) is 11.0 Å². The van der Waals surface area contributed by atoms with Gasteiger partial charge in [0.15, 0.2) is 0 Å². The average Bonchev–Trinajstić information content (AvgIpc) is 2.15. The first-order chi connectivity index (χ1) is 7.11. The van der Waals surface area contributed by atoms with Gasteiger partial charge in [-0.05, 0) is 13.0 Å². The van der Waals surface area contributed by atoms with Gasteiger partial charge < -0.3 is 14.3 Å². The fourth-order valence-electron chi connectivity index (χ4n) is 1.48. The molecule has 2 rings (SSSR count). The van der Waals surface area contributed by atoms with Crippen LogP contribution in [0.5, 0.6) is 11.5 Å². The van der Waals surface area contributed by atoms with E-state index in [4.69, 9.17) is 21.4 Å². The van der Waals surface area contributed by atoms with E-state index in [1.165, 1.54) is 13.2 Å². The van der Waals surface area contributed by atoms with Crippen molar-refractivity contribution in [2.45, 2.75) is 6.92 Å². The minimum absolute atomic E-state index is 0.0816. The maximum atomic E-state index is 9.75. The molecule has 0 atom stereocenters.